The smallest absolute Gasteiger partial charge is 0.169 e. The monoisotopic (exact) mass is 691 g/mol. The summed E-state index contributed by atoms with van der Waals surface area (Å²) in [6.45, 7) is 0.776. The van der Waals surface area contributed by atoms with Gasteiger partial charge in [-0.1, -0.05) is 61.0 Å². The number of aromatic hydroxyl groups is 5. The van der Waals surface area contributed by atoms with Gasteiger partial charge in [-0.3, -0.25) is 0 Å². The average Bonchev–Trinajstić information content (AvgIpc) is 3.51. The Morgan fingerprint density at radius 1 is 0.765 bits per heavy atom. The maximum absolute atomic E-state index is 11.2. The number of aryl methyl sites for hydroxylation is 1. The van der Waals surface area contributed by atoms with E-state index in [0.29, 0.717) is 53.0 Å². The van der Waals surface area contributed by atoms with E-state index in [1.165, 1.54) is 49.4 Å². The molecule has 4 fully saturated rings. The van der Waals surface area contributed by atoms with Crippen LogP contribution < -0.4 is 5.32 Å². The Hall–Kier alpha value is -4.24. The Morgan fingerprint density at radius 2 is 1.59 bits per heavy atom. The summed E-state index contributed by atoms with van der Waals surface area (Å²) in [6.07, 6.45) is 15.8. The lowest BCUT2D eigenvalue weighted by Crippen LogP contribution is -2.66. The summed E-state index contributed by atoms with van der Waals surface area (Å²) in [5.41, 5.74) is 4.16. The van der Waals surface area contributed by atoms with Crippen molar-refractivity contribution in [2.24, 2.45) is 11.3 Å². The molecule has 51 heavy (non-hydrogen) atoms. The van der Waals surface area contributed by atoms with E-state index in [1.807, 2.05) is 0 Å². The zero-order chi connectivity index (χ0) is 35.3. The molecule has 0 amide bonds. The molecule has 2 bridgehead atoms. The van der Waals surface area contributed by atoms with Gasteiger partial charge in [-0.05, 0) is 122 Å². The minimum Gasteiger partial charge on any atom is -0.507 e. The Kier molecular flexibility index (Phi) is 8.89. The molecule has 0 aromatic heterocycles. The molecule has 4 aliphatic rings. The number of ether oxygens (including phenoxy) is 1. The van der Waals surface area contributed by atoms with E-state index in [9.17, 15) is 30.6 Å². The molecule has 0 unspecified atom stereocenters. The third kappa shape index (κ3) is 6.11. The Labute approximate surface area is 299 Å². The zero-order valence-electron chi connectivity index (χ0n) is 29.0. The van der Waals surface area contributed by atoms with Crippen LogP contribution in [-0.4, -0.2) is 54.5 Å². The Morgan fingerprint density at radius 3 is 2.37 bits per heavy atom. The number of nitrogens with one attached hydrogen (secondary N) is 1. The molecule has 8 nitrogen and oxygen atoms in total. The fourth-order valence-corrected chi connectivity index (χ4v) is 10.3. The number of aliphatic hydroxyl groups excluding tert-OH is 1. The van der Waals surface area contributed by atoms with Crippen LogP contribution in [0, 0.1) is 11.3 Å². The molecule has 4 aromatic rings. The van der Waals surface area contributed by atoms with Crippen LogP contribution in [0.4, 0.5) is 0 Å². The van der Waals surface area contributed by atoms with Crippen molar-refractivity contribution >= 4 is 22.9 Å². The first-order valence-corrected chi connectivity index (χ1v) is 18.7. The van der Waals surface area contributed by atoms with Crippen molar-refractivity contribution in [3.8, 4) is 28.7 Å². The molecule has 268 valence electrons. The lowest BCUT2D eigenvalue weighted by molar-refractivity contribution is -0.270. The quantitative estimate of drug-likeness (QED) is 0.0733. The van der Waals surface area contributed by atoms with E-state index < -0.39 is 0 Å². The normalized spacial score (nSPS) is 28.8. The number of benzene rings is 4. The maximum Gasteiger partial charge on any atom is 0.169 e. The predicted molar refractivity (Wildman–Crippen MR) is 198 cm³/mol. The first kappa shape index (κ1) is 33.9. The van der Waals surface area contributed by atoms with Crippen molar-refractivity contribution in [2.45, 2.75) is 107 Å². The summed E-state index contributed by atoms with van der Waals surface area (Å²) in [5, 5.41) is 67.8. The third-order valence-corrected chi connectivity index (χ3v) is 12.8. The molecule has 4 aromatic carbocycles. The van der Waals surface area contributed by atoms with Gasteiger partial charge >= 0.3 is 0 Å². The summed E-state index contributed by atoms with van der Waals surface area (Å²) in [7, 11) is 0. The van der Waals surface area contributed by atoms with Crippen molar-refractivity contribution in [3.63, 3.8) is 0 Å². The minimum atomic E-state index is -0.356. The number of rotatable bonds is 8. The van der Waals surface area contributed by atoms with Gasteiger partial charge in [-0.2, -0.15) is 0 Å². The van der Waals surface area contributed by atoms with Crippen LogP contribution in [0.15, 0.2) is 60.7 Å². The lowest BCUT2D eigenvalue weighted by Gasteiger charge is -2.63. The van der Waals surface area contributed by atoms with Crippen molar-refractivity contribution in [2.75, 3.05) is 0 Å². The van der Waals surface area contributed by atoms with E-state index in [4.69, 9.17) is 4.74 Å². The molecule has 2 spiro atoms. The molecular weight excluding hydrogens is 642 g/mol. The van der Waals surface area contributed by atoms with E-state index in [1.54, 1.807) is 30.4 Å². The summed E-state index contributed by atoms with van der Waals surface area (Å²) < 4.78 is 7.04. The minimum absolute atomic E-state index is 0.104. The fourth-order valence-electron chi connectivity index (χ4n) is 10.3. The summed E-state index contributed by atoms with van der Waals surface area (Å²) >= 11 is 0. The Balaban J connectivity index is 0.977. The van der Waals surface area contributed by atoms with Crippen molar-refractivity contribution in [1.82, 2.24) is 5.32 Å². The molecule has 7 N–H and O–H groups in total. The molecule has 8 heteroatoms. The van der Waals surface area contributed by atoms with Crippen LogP contribution in [0.25, 0.3) is 22.9 Å². The van der Waals surface area contributed by atoms with Gasteiger partial charge < -0.3 is 40.7 Å². The van der Waals surface area contributed by atoms with Gasteiger partial charge in [0, 0.05) is 23.6 Å². The van der Waals surface area contributed by atoms with Gasteiger partial charge in [0.25, 0.3) is 0 Å². The largest absolute Gasteiger partial charge is 0.507 e. The van der Waals surface area contributed by atoms with Gasteiger partial charge in [0.15, 0.2) is 23.0 Å². The lowest BCUT2D eigenvalue weighted by atomic mass is 9.52. The van der Waals surface area contributed by atoms with E-state index >= 15 is 0 Å². The summed E-state index contributed by atoms with van der Waals surface area (Å²) in [4.78, 5) is 0. The van der Waals surface area contributed by atoms with Gasteiger partial charge in [0.2, 0.25) is 0 Å². The van der Waals surface area contributed by atoms with Crippen LogP contribution in [-0.2, 0) is 24.1 Å². The van der Waals surface area contributed by atoms with Crippen LogP contribution in [0.3, 0.4) is 0 Å². The standard InChI is InChI=1S/C43H49NO7/c45-31-18-20-42(24-31)19-2-3-29-13-14-32-22-30(23-43(29,42)51-32)44-25-28-8-6-26(7-9-28)10-16-35-33(15-11-27-12-17-36(46)38(48)21-27)34-4-1-5-37(47)39(34)41(50)40(35)49/h1,4-9,11-12,15,17,21,29-32,44-50H,2-3,10,13-14,16,18-20,22-25H2/t29-,30+,31-,32-,42+,43+/m0/s1. The number of hydrogen-bond acceptors (Lipinski definition) is 8. The van der Waals surface area contributed by atoms with Crippen LogP contribution in [0.2, 0.25) is 0 Å². The molecular formula is C43H49NO7. The second kappa shape index (κ2) is 13.4. The number of aliphatic hydroxyl groups is 1. The average molecular weight is 692 g/mol. The van der Waals surface area contributed by atoms with E-state index in [2.05, 4.69) is 29.6 Å². The molecule has 2 heterocycles. The molecule has 2 saturated carbocycles. The Bertz CT molecular complexity index is 1950. The fraction of sp³-hybridized carbons (Fsp3) is 0.442. The molecule has 2 aliphatic carbocycles. The summed E-state index contributed by atoms with van der Waals surface area (Å²) in [5.74, 6) is -0.610. The van der Waals surface area contributed by atoms with Crippen molar-refractivity contribution < 1.29 is 35.4 Å². The topological polar surface area (TPSA) is 143 Å². The van der Waals surface area contributed by atoms with Crippen LogP contribution >= 0.6 is 0 Å². The molecule has 2 saturated heterocycles. The predicted octanol–water partition coefficient (Wildman–Crippen LogP) is 7.82. The van der Waals surface area contributed by atoms with Crippen molar-refractivity contribution in [1.29, 1.82) is 0 Å². The highest BCUT2D eigenvalue weighted by atomic mass is 16.5. The second-order valence-electron chi connectivity index (χ2n) is 15.7. The maximum atomic E-state index is 11.2. The highest BCUT2D eigenvalue weighted by Gasteiger charge is 2.64. The number of phenolic OH excluding ortho intramolecular Hbond substituents is 5. The SMILES string of the molecule is Oc1ccc(C=Cc2c(CCc3ccc(CN[C@@H]4C[C@@H]5CC[C@@H]6CCC[C@]7(CC[C@H](O)C7)[C@]6(C4)O5)cc3)c(O)c(O)c3c(O)cccc23)cc1O. The third-order valence-electron chi connectivity index (χ3n) is 12.8. The van der Waals surface area contributed by atoms with Gasteiger partial charge in [-0.15, -0.1) is 0 Å². The van der Waals surface area contributed by atoms with Gasteiger partial charge in [0.05, 0.1) is 23.2 Å². The number of hydrogen-bond donors (Lipinski definition) is 7. The molecule has 0 radical (unpaired) electrons. The first-order valence-electron chi connectivity index (χ1n) is 18.7. The van der Waals surface area contributed by atoms with Crippen LogP contribution in [0.1, 0.15) is 92.0 Å². The highest BCUT2D eigenvalue weighted by Crippen LogP contribution is 2.64. The molecule has 6 atom stereocenters. The second-order valence-corrected chi connectivity index (χ2v) is 15.7. The first-order chi connectivity index (χ1) is 24.6. The van der Waals surface area contributed by atoms with E-state index in [0.717, 1.165) is 50.6 Å². The van der Waals surface area contributed by atoms with Crippen molar-refractivity contribution in [3.05, 3.63) is 88.5 Å². The highest BCUT2D eigenvalue weighted by molar-refractivity contribution is 6.03. The van der Waals surface area contributed by atoms with E-state index in [-0.39, 0.29) is 51.3 Å². The summed E-state index contributed by atoms with van der Waals surface area (Å²) in [6, 6.07) is 18.4. The van der Waals surface area contributed by atoms with Gasteiger partial charge in [0.1, 0.15) is 5.75 Å². The number of phenols is 5. The van der Waals surface area contributed by atoms with Gasteiger partial charge in [-0.25, -0.2) is 0 Å². The molecule has 2 aliphatic heterocycles. The zero-order valence-corrected chi connectivity index (χ0v) is 29.0. The molecule has 8 rings (SSSR count). The number of fused-ring (bicyclic) bond motifs is 2. The van der Waals surface area contributed by atoms with Crippen LogP contribution in [0.5, 0.6) is 28.7 Å².